The minimum absolute atomic E-state index is 0.0575. The maximum absolute atomic E-state index is 15.2. The van der Waals surface area contributed by atoms with Crippen molar-refractivity contribution >= 4 is 58.5 Å². The van der Waals surface area contributed by atoms with Gasteiger partial charge in [0.25, 0.3) is 11.8 Å². The Morgan fingerprint density at radius 1 is 0.959 bits per heavy atom. The number of carbonyl (C=O) groups excluding carboxylic acids is 4. The molecule has 2 aliphatic heterocycles. The van der Waals surface area contributed by atoms with Crippen LogP contribution in [0.1, 0.15) is 44.1 Å². The Kier molecular flexibility index (Phi) is 8.46. The smallest absolute Gasteiger partial charge is 0.303 e. The lowest BCUT2D eigenvalue weighted by Gasteiger charge is -2.50. The molecule has 3 fully saturated rings. The highest BCUT2D eigenvalue weighted by atomic mass is 35.5. The van der Waals surface area contributed by atoms with Gasteiger partial charge in [0, 0.05) is 24.4 Å². The van der Waals surface area contributed by atoms with E-state index < -0.39 is 110 Å². The van der Waals surface area contributed by atoms with Gasteiger partial charge in [0.2, 0.25) is 17.6 Å². The number of phenols is 1. The van der Waals surface area contributed by atoms with Crippen LogP contribution in [-0.2, 0) is 24.0 Å². The topological polar surface area (TPSA) is 142 Å². The van der Waals surface area contributed by atoms with Crippen molar-refractivity contribution in [2.24, 2.45) is 17.8 Å². The van der Waals surface area contributed by atoms with Crippen molar-refractivity contribution in [1.82, 2.24) is 4.90 Å². The number of carbonyl (C=O) groups is 5. The fourth-order valence-corrected chi connectivity index (χ4v) is 8.56. The van der Waals surface area contributed by atoms with E-state index in [1.54, 1.807) is 6.92 Å². The maximum atomic E-state index is 15.2. The van der Waals surface area contributed by atoms with E-state index in [0.29, 0.717) is 0 Å². The first-order valence-corrected chi connectivity index (χ1v) is 15.8. The molecule has 2 N–H and O–H groups in total. The van der Waals surface area contributed by atoms with Crippen LogP contribution in [-0.4, -0.2) is 67.6 Å². The molecule has 6 rings (SSSR count). The van der Waals surface area contributed by atoms with Crippen LogP contribution in [0.3, 0.4) is 0 Å². The Morgan fingerprint density at radius 2 is 1.59 bits per heavy atom. The minimum Gasteiger partial charge on any atom is -0.504 e. The van der Waals surface area contributed by atoms with E-state index in [2.05, 4.69) is 0 Å². The summed E-state index contributed by atoms with van der Waals surface area (Å²) in [5.74, 6) is -24.2. The number of likely N-dealkylation sites (tertiary alicyclic amines) is 1. The molecule has 10 nitrogen and oxygen atoms in total. The summed E-state index contributed by atoms with van der Waals surface area (Å²) in [6, 6.07) is 4.04. The Hall–Kier alpha value is -4.24. The Labute approximate surface area is 284 Å². The monoisotopic (exact) mass is 730 g/mol. The van der Waals surface area contributed by atoms with Gasteiger partial charge in [-0.2, -0.15) is 0 Å². The number of fused-ring (bicyclic) bond motifs is 4. The van der Waals surface area contributed by atoms with Crippen LogP contribution in [0.15, 0.2) is 29.8 Å². The number of allylic oxidation sites excluding steroid dienone is 2. The number of benzene rings is 2. The first-order chi connectivity index (χ1) is 23.0. The van der Waals surface area contributed by atoms with Crippen molar-refractivity contribution in [2.75, 3.05) is 18.1 Å². The fraction of sp³-hybridized carbons (Fsp3) is 0.406. The van der Waals surface area contributed by atoms with Crippen LogP contribution < -0.4 is 9.64 Å². The second kappa shape index (κ2) is 12.0. The standard InChI is InChI=1S/C32H25Cl2F5N2O8/c1-2-49-16-6-3-5-14(26(16)44)19-12-8-9-13-18(28(46)40(27(13)45)10-4-7-17(42)43)15(12)11-31(33)29(47)41(30(48)32(19,31)34)25-23(38)21(36)20(35)22(37)24(25)39/h3,5-6,8,13,15,18-19,44H,2,4,7,9-11H2,1H3,(H,42,43)/t13-,15+,18-,19+,31+,32-/m0/s1. The van der Waals surface area contributed by atoms with Crippen LogP contribution in [0.2, 0.25) is 0 Å². The molecular weight excluding hydrogens is 706 g/mol. The van der Waals surface area contributed by atoms with Gasteiger partial charge in [0.05, 0.1) is 18.4 Å². The van der Waals surface area contributed by atoms with E-state index in [9.17, 15) is 42.3 Å². The zero-order valence-electron chi connectivity index (χ0n) is 25.2. The number of aliphatic carboxylic acids is 1. The predicted molar refractivity (Wildman–Crippen MR) is 159 cm³/mol. The highest BCUT2D eigenvalue weighted by Gasteiger charge is 2.77. The number of rotatable bonds is 8. The van der Waals surface area contributed by atoms with E-state index in [1.165, 1.54) is 24.3 Å². The number of amides is 4. The number of para-hydroxylation sites is 1. The molecule has 0 unspecified atom stereocenters. The maximum Gasteiger partial charge on any atom is 0.303 e. The number of alkyl halides is 2. The summed E-state index contributed by atoms with van der Waals surface area (Å²) in [7, 11) is 0. The van der Waals surface area contributed by atoms with Crippen molar-refractivity contribution in [3.8, 4) is 11.5 Å². The summed E-state index contributed by atoms with van der Waals surface area (Å²) < 4.78 is 78.6. The van der Waals surface area contributed by atoms with E-state index in [4.69, 9.17) is 33.0 Å². The summed E-state index contributed by atoms with van der Waals surface area (Å²) >= 11 is 14.1. The predicted octanol–water partition coefficient (Wildman–Crippen LogP) is 4.91. The van der Waals surface area contributed by atoms with E-state index in [1.807, 2.05) is 0 Å². The van der Waals surface area contributed by atoms with E-state index in [-0.39, 0.29) is 54.2 Å². The van der Waals surface area contributed by atoms with Gasteiger partial charge in [-0.1, -0.05) is 23.8 Å². The lowest BCUT2D eigenvalue weighted by atomic mass is 9.56. The fourth-order valence-electron chi connectivity index (χ4n) is 7.63. The average molecular weight is 731 g/mol. The summed E-state index contributed by atoms with van der Waals surface area (Å²) in [4.78, 5) is 61.9. The van der Waals surface area contributed by atoms with Gasteiger partial charge in [0.15, 0.2) is 44.5 Å². The minimum atomic E-state index is -2.81. The normalized spacial score (nSPS) is 29.2. The van der Waals surface area contributed by atoms with Crippen LogP contribution in [0.4, 0.5) is 27.6 Å². The van der Waals surface area contributed by atoms with E-state index >= 15 is 8.78 Å². The van der Waals surface area contributed by atoms with Crippen molar-refractivity contribution in [2.45, 2.75) is 48.3 Å². The third kappa shape index (κ3) is 4.68. The third-order valence-corrected chi connectivity index (χ3v) is 11.1. The van der Waals surface area contributed by atoms with Crippen LogP contribution >= 0.6 is 23.2 Å². The molecule has 4 amide bonds. The first-order valence-electron chi connectivity index (χ1n) is 15.0. The van der Waals surface area contributed by atoms with Gasteiger partial charge in [-0.25, -0.2) is 26.9 Å². The largest absolute Gasteiger partial charge is 0.504 e. The number of carboxylic acid groups (broad SMARTS) is 1. The number of aromatic hydroxyl groups is 1. The molecule has 1 saturated carbocycles. The molecule has 0 spiro atoms. The Balaban J connectivity index is 1.56. The summed E-state index contributed by atoms with van der Waals surface area (Å²) in [6.07, 6.45) is 0.248. The number of phenolic OH excluding ortho intramolecular Hbond substituents is 1. The molecule has 49 heavy (non-hydrogen) atoms. The number of hydrogen-bond donors (Lipinski definition) is 2. The second-order valence-electron chi connectivity index (χ2n) is 12.1. The Morgan fingerprint density at radius 3 is 2.20 bits per heavy atom. The van der Waals surface area contributed by atoms with Gasteiger partial charge < -0.3 is 14.9 Å². The average Bonchev–Trinajstić information content (AvgIpc) is 3.38. The number of imide groups is 2. The molecule has 4 aliphatic rings. The number of ether oxygens (including phenoxy) is 1. The molecule has 260 valence electrons. The SMILES string of the molecule is CCOc1cccc([C@H]2C3=CC[C@@H]4C(=O)N(CCCC(=O)O)C(=O)[C@@H]4[C@@H]3C[C@@]3(Cl)C(=O)N(c4c(F)c(F)c(F)c(F)c4F)C(=O)[C@@]23Cl)c1O. The van der Waals surface area contributed by atoms with Crippen molar-refractivity contribution in [3.05, 3.63) is 64.5 Å². The number of hydrogen-bond acceptors (Lipinski definition) is 7. The zero-order chi connectivity index (χ0) is 35.9. The van der Waals surface area contributed by atoms with Crippen molar-refractivity contribution < 1.29 is 60.9 Å². The lowest BCUT2D eigenvalue weighted by molar-refractivity contribution is -0.142. The van der Waals surface area contributed by atoms with Crippen LogP contribution in [0, 0.1) is 46.8 Å². The molecule has 17 heteroatoms. The van der Waals surface area contributed by atoms with Crippen molar-refractivity contribution in [3.63, 3.8) is 0 Å². The van der Waals surface area contributed by atoms with Gasteiger partial charge in [-0.15, -0.1) is 23.2 Å². The van der Waals surface area contributed by atoms with Crippen molar-refractivity contribution in [1.29, 1.82) is 0 Å². The van der Waals surface area contributed by atoms with Gasteiger partial charge >= 0.3 is 5.97 Å². The molecule has 6 atom stereocenters. The molecule has 2 aromatic rings. The van der Waals surface area contributed by atoms with Crippen LogP contribution in [0.25, 0.3) is 0 Å². The number of halogens is 7. The highest BCUT2D eigenvalue weighted by Crippen LogP contribution is 2.67. The molecule has 0 radical (unpaired) electrons. The third-order valence-electron chi connectivity index (χ3n) is 9.73. The van der Waals surface area contributed by atoms with Gasteiger partial charge in [0.1, 0.15) is 5.69 Å². The second-order valence-corrected chi connectivity index (χ2v) is 13.4. The van der Waals surface area contributed by atoms with Crippen LogP contribution in [0.5, 0.6) is 11.5 Å². The summed E-state index contributed by atoms with van der Waals surface area (Å²) in [6.45, 7) is 1.42. The Bertz CT molecular complexity index is 1860. The van der Waals surface area contributed by atoms with Gasteiger partial charge in [-0.05, 0) is 38.2 Å². The molecule has 2 saturated heterocycles. The first kappa shape index (κ1) is 34.6. The number of anilines is 1. The summed E-state index contributed by atoms with van der Waals surface area (Å²) in [5, 5.41) is 20.4. The summed E-state index contributed by atoms with van der Waals surface area (Å²) in [5.41, 5.74) is -1.96. The van der Waals surface area contributed by atoms with Gasteiger partial charge in [-0.3, -0.25) is 28.9 Å². The molecule has 2 heterocycles. The number of carboxylic acids is 1. The number of nitrogens with zero attached hydrogens (tertiary/aromatic N) is 2. The molecular formula is C32H25Cl2F5N2O8. The van der Waals surface area contributed by atoms with E-state index in [0.717, 1.165) is 4.90 Å². The molecule has 2 aliphatic carbocycles. The molecule has 0 bridgehead atoms. The lowest BCUT2D eigenvalue weighted by Crippen LogP contribution is -2.60. The quantitative estimate of drug-likeness (QED) is 0.0975. The zero-order valence-corrected chi connectivity index (χ0v) is 26.8. The molecule has 2 aromatic carbocycles. The molecule has 0 aromatic heterocycles. The highest BCUT2D eigenvalue weighted by molar-refractivity contribution is 6.58.